The predicted molar refractivity (Wildman–Crippen MR) is 98.0 cm³/mol. The summed E-state index contributed by atoms with van der Waals surface area (Å²) < 4.78 is 30.0. The van der Waals surface area contributed by atoms with Gasteiger partial charge in [0.25, 0.3) is 0 Å². The number of hydrogen-bond acceptors (Lipinski definition) is 6. The van der Waals surface area contributed by atoms with Crippen molar-refractivity contribution in [2.45, 2.75) is 55.7 Å². The Bertz CT molecular complexity index is 778. The summed E-state index contributed by atoms with van der Waals surface area (Å²) in [5.74, 6) is 6.41. The second kappa shape index (κ2) is 8.55. The van der Waals surface area contributed by atoms with E-state index in [-0.39, 0.29) is 22.9 Å². The second-order valence-corrected chi connectivity index (χ2v) is 7.64. The van der Waals surface area contributed by atoms with Crippen LogP contribution >= 0.6 is 11.8 Å². The number of benzene rings is 1. The number of nitrogens with two attached hydrogens (primary N) is 1. The van der Waals surface area contributed by atoms with Crippen LogP contribution in [0.4, 0.5) is 8.78 Å². The molecule has 3 rings (SSSR count). The van der Waals surface area contributed by atoms with Crippen LogP contribution in [0.3, 0.4) is 0 Å². The van der Waals surface area contributed by atoms with Gasteiger partial charge in [0.2, 0.25) is 11.1 Å². The minimum atomic E-state index is -2.88. The third kappa shape index (κ3) is 4.88. The van der Waals surface area contributed by atoms with E-state index in [0.29, 0.717) is 16.5 Å². The van der Waals surface area contributed by atoms with Gasteiger partial charge in [-0.15, -0.1) is 10.2 Å². The molecule has 0 spiro atoms. The highest BCUT2D eigenvalue weighted by Gasteiger charge is 2.23. The monoisotopic (exact) mass is 397 g/mol. The van der Waals surface area contributed by atoms with E-state index >= 15 is 0 Å². The molecule has 0 radical (unpaired) electrons. The Labute approximate surface area is 159 Å². The lowest BCUT2D eigenvalue weighted by Gasteiger charge is -2.15. The summed E-state index contributed by atoms with van der Waals surface area (Å²) in [4.78, 5) is 12.3. The summed E-state index contributed by atoms with van der Waals surface area (Å²) in [6.45, 7) is -1.09. The number of carbonyl (C=O) groups excluding carboxylic acids is 1. The van der Waals surface area contributed by atoms with E-state index in [2.05, 4.69) is 20.3 Å². The third-order valence-electron chi connectivity index (χ3n) is 4.36. The molecule has 3 N–H and O–H groups in total. The van der Waals surface area contributed by atoms with E-state index in [9.17, 15) is 13.6 Å². The molecule has 10 heteroatoms. The second-order valence-electron chi connectivity index (χ2n) is 6.33. The van der Waals surface area contributed by atoms with E-state index in [1.807, 2.05) is 0 Å². The molecule has 146 valence electrons. The molecule has 1 atom stereocenters. The van der Waals surface area contributed by atoms with Crippen molar-refractivity contribution in [3.63, 3.8) is 0 Å². The van der Waals surface area contributed by atoms with Gasteiger partial charge >= 0.3 is 6.61 Å². The normalized spacial score (nSPS) is 15.9. The number of aromatic nitrogens is 3. The first-order valence-corrected chi connectivity index (χ1v) is 9.55. The lowest BCUT2D eigenvalue weighted by atomic mass is 10.2. The topological polar surface area (TPSA) is 95.1 Å². The fourth-order valence-electron chi connectivity index (χ4n) is 2.94. The Morgan fingerprint density at radius 3 is 2.59 bits per heavy atom. The lowest BCUT2D eigenvalue weighted by Crippen LogP contribution is -2.37. The smallest absolute Gasteiger partial charge is 0.387 e. The maximum atomic E-state index is 12.3. The van der Waals surface area contributed by atoms with Gasteiger partial charge in [-0.25, -0.2) is 4.68 Å². The minimum Gasteiger partial charge on any atom is -0.435 e. The van der Waals surface area contributed by atoms with Gasteiger partial charge in [-0.2, -0.15) is 8.78 Å². The van der Waals surface area contributed by atoms with Crippen LogP contribution in [-0.4, -0.2) is 38.7 Å². The maximum absolute atomic E-state index is 12.3. The lowest BCUT2D eigenvalue weighted by molar-refractivity contribution is -0.120. The molecular weight excluding hydrogens is 376 g/mol. The van der Waals surface area contributed by atoms with E-state index in [4.69, 9.17) is 5.84 Å². The molecule has 1 saturated carbocycles. The Morgan fingerprint density at radius 1 is 1.30 bits per heavy atom. The molecule has 1 aliphatic rings. The first kappa shape index (κ1) is 19.4. The number of alkyl halides is 2. The Kier molecular flexibility index (Phi) is 6.15. The fourth-order valence-corrected chi connectivity index (χ4v) is 3.72. The molecule has 27 heavy (non-hydrogen) atoms. The van der Waals surface area contributed by atoms with Crippen LogP contribution in [0.15, 0.2) is 29.4 Å². The molecule has 1 aliphatic carbocycles. The highest BCUT2D eigenvalue weighted by molar-refractivity contribution is 8.00. The molecule has 1 aromatic heterocycles. The number of nitrogens with one attached hydrogen (secondary N) is 1. The van der Waals surface area contributed by atoms with E-state index in [1.165, 1.54) is 28.6 Å². The molecule has 1 amide bonds. The molecule has 2 aromatic rings. The molecule has 1 unspecified atom stereocenters. The Hall–Kier alpha value is -2.36. The number of nitrogens with zero attached hydrogens (tertiary/aromatic N) is 3. The van der Waals surface area contributed by atoms with Crippen LogP contribution in [0.1, 0.15) is 32.6 Å². The van der Waals surface area contributed by atoms with Crippen LogP contribution in [-0.2, 0) is 4.79 Å². The van der Waals surface area contributed by atoms with Crippen molar-refractivity contribution in [1.82, 2.24) is 20.2 Å². The summed E-state index contributed by atoms with van der Waals surface area (Å²) >= 11 is 1.22. The van der Waals surface area contributed by atoms with Crippen molar-refractivity contribution in [2.75, 3.05) is 5.84 Å². The van der Waals surface area contributed by atoms with Crippen molar-refractivity contribution >= 4 is 17.7 Å². The van der Waals surface area contributed by atoms with Crippen molar-refractivity contribution < 1.29 is 18.3 Å². The Balaban J connectivity index is 1.64. The SMILES string of the molecule is CC(Sc1nnc(-c2ccc(OC(F)F)cc2)n1N)C(=O)NC1CCCC1. The number of halogens is 2. The largest absolute Gasteiger partial charge is 0.435 e. The Morgan fingerprint density at radius 2 is 1.96 bits per heavy atom. The minimum absolute atomic E-state index is 0.0450. The van der Waals surface area contributed by atoms with Crippen molar-refractivity contribution in [2.24, 2.45) is 0 Å². The van der Waals surface area contributed by atoms with E-state index in [0.717, 1.165) is 25.7 Å². The van der Waals surface area contributed by atoms with Gasteiger partial charge in [-0.1, -0.05) is 24.6 Å². The van der Waals surface area contributed by atoms with E-state index in [1.54, 1.807) is 19.1 Å². The predicted octanol–water partition coefficient (Wildman–Crippen LogP) is 2.80. The molecule has 1 heterocycles. The summed E-state index contributed by atoms with van der Waals surface area (Å²) in [7, 11) is 0. The first-order chi connectivity index (χ1) is 12.9. The zero-order chi connectivity index (χ0) is 19.4. The average Bonchev–Trinajstić information content (AvgIpc) is 3.26. The van der Waals surface area contributed by atoms with E-state index < -0.39 is 6.61 Å². The molecule has 7 nitrogen and oxygen atoms in total. The third-order valence-corrected chi connectivity index (χ3v) is 5.41. The molecular formula is C17H21F2N5O2S. The zero-order valence-electron chi connectivity index (χ0n) is 14.8. The number of amides is 1. The van der Waals surface area contributed by atoms with Crippen molar-refractivity contribution in [1.29, 1.82) is 0 Å². The van der Waals surface area contributed by atoms with Gasteiger partial charge in [-0.3, -0.25) is 4.79 Å². The van der Waals surface area contributed by atoms with Crippen LogP contribution in [0.2, 0.25) is 0 Å². The van der Waals surface area contributed by atoms with Crippen LogP contribution in [0, 0.1) is 0 Å². The van der Waals surface area contributed by atoms with Crippen molar-refractivity contribution in [3.05, 3.63) is 24.3 Å². The molecule has 1 aromatic carbocycles. The quantitative estimate of drug-likeness (QED) is 0.551. The van der Waals surface area contributed by atoms with Gasteiger partial charge in [0.1, 0.15) is 5.75 Å². The summed E-state index contributed by atoms with van der Waals surface area (Å²) in [6.07, 6.45) is 4.33. The van der Waals surface area contributed by atoms with Crippen LogP contribution in [0.5, 0.6) is 5.75 Å². The molecule has 0 bridgehead atoms. The number of rotatable bonds is 7. The van der Waals surface area contributed by atoms with Crippen LogP contribution in [0.25, 0.3) is 11.4 Å². The number of thioether (sulfide) groups is 1. The van der Waals surface area contributed by atoms with Crippen molar-refractivity contribution in [3.8, 4) is 17.1 Å². The van der Waals surface area contributed by atoms with Gasteiger partial charge < -0.3 is 15.9 Å². The summed E-state index contributed by atoms with van der Waals surface area (Å²) in [6, 6.07) is 6.19. The number of carbonyl (C=O) groups is 1. The molecule has 0 aliphatic heterocycles. The first-order valence-electron chi connectivity index (χ1n) is 8.67. The van der Waals surface area contributed by atoms with Crippen LogP contribution < -0.4 is 15.9 Å². The highest BCUT2D eigenvalue weighted by Crippen LogP contribution is 2.27. The average molecular weight is 397 g/mol. The molecule has 1 fully saturated rings. The number of nitrogen functional groups attached to an aromatic ring is 1. The standard InChI is InChI=1S/C17H21F2N5O2S/c1-10(15(25)21-12-4-2-3-5-12)27-17-23-22-14(24(17)20)11-6-8-13(9-7-11)26-16(18)19/h6-10,12,16H,2-5,20H2,1H3,(H,21,25). The van der Waals surface area contributed by atoms with Gasteiger partial charge in [-0.05, 0) is 44.0 Å². The van der Waals surface area contributed by atoms with Gasteiger partial charge in [0.15, 0.2) is 5.82 Å². The van der Waals surface area contributed by atoms with Gasteiger partial charge in [0, 0.05) is 11.6 Å². The number of hydrogen-bond donors (Lipinski definition) is 2. The number of ether oxygens (including phenoxy) is 1. The zero-order valence-corrected chi connectivity index (χ0v) is 15.6. The summed E-state index contributed by atoms with van der Waals surface area (Å²) in [5.41, 5.74) is 0.599. The fraction of sp³-hybridized carbons (Fsp3) is 0.471. The maximum Gasteiger partial charge on any atom is 0.387 e. The highest BCUT2D eigenvalue weighted by atomic mass is 32.2. The summed E-state index contributed by atoms with van der Waals surface area (Å²) in [5, 5.41) is 11.1. The molecule has 0 saturated heterocycles. The van der Waals surface area contributed by atoms with Gasteiger partial charge in [0.05, 0.1) is 5.25 Å².